The van der Waals surface area contributed by atoms with E-state index in [1.807, 2.05) is 5.38 Å². The fourth-order valence-electron chi connectivity index (χ4n) is 2.89. The molecular weight excluding hydrogens is 320 g/mol. The number of hydrogen-bond donors (Lipinski definition) is 2. The minimum Gasteiger partial charge on any atom is -0.396 e. The van der Waals surface area contributed by atoms with Crippen molar-refractivity contribution >= 4 is 17.2 Å². The highest BCUT2D eigenvalue weighted by Crippen LogP contribution is 2.34. The lowest BCUT2D eigenvalue weighted by Crippen LogP contribution is -2.38. The fraction of sp³-hybridized carbons (Fsp3) is 0.474. The van der Waals surface area contributed by atoms with E-state index in [9.17, 15) is 4.79 Å². The van der Waals surface area contributed by atoms with Gasteiger partial charge < -0.3 is 10.4 Å². The topological polar surface area (TPSA) is 62.2 Å². The summed E-state index contributed by atoms with van der Waals surface area (Å²) in [6.07, 6.45) is 4.28. The first kappa shape index (κ1) is 17.1. The van der Waals surface area contributed by atoms with E-state index in [1.54, 1.807) is 11.3 Å². The summed E-state index contributed by atoms with van der Waals surface area (Å²) in [7, 11) is 0. The van der Waals surface area contributed by atoms with Crippen molar-refractivity contribution in [3.8, 4) is 10.6 Å². The van der Waals surface area contributed by atoms with Gasteiger partial charge in [0.15, 0.2) is 0 Å². The normalized spacial score (nSPS) is 15.2. The van der Waals surface area contributed by atoms with Gasteiger partial charge in [0, 0.05) is 23.6 Å². The van der Waals surface area contributed by atoms with Gasteiger partial charge in [0.25, 0.3) is 0 Å². The van der Waals surface area contributed by atoms with Crippen LogP contribution in [0.25, 0.3) is 10.6 Å². The summed E-state index contributed by atoms with van der Waals surface area (Å²) in [6, 6.07) is 8.54. The zero-order valence-corrected chi connectivity index (χ0v) is 14.8. The third-order valence-electron chi connectivity index (χ3n) is 4.48. The lowest BCUT2D eigenvalue weighted by molar-refractivity contribution is -0.121. The molecule has 1 heterocycles. The Hall–Kier alpha value is -1.72. The summed E-state index contributed by atoms with van der Waals surface area (Å²) < 4.78 is 0. The van der Waals surface area contributed by atoms with Gasteiger partial charge in [0.2, 0.25) is 5.91 Å². The van der Waals surface area contributed by atoms with Crippen LogP contribution in [0, 0.1) is 5.92 Å². The zero-order chi connectivity index (χ0) is 16.9. The highest BCUT2D eigenvalue weighted by atomic mass is 32.1. The second-order valence-corrected chi connectivity index (χ2v) is 7.25. The molecular formula is C19H24N2O2S. The number of thiazole rings is 1. The molecule has 1 fully saturated rings. The Labute approximate surface area is 146 Å². The van der Waals surface area contributed by atoms with Crippen LogP contribution in [0.1, 0.15) is 37.4 Å². The van der Waals surface area contributed by atoms with Gasteiger partial charge in [-0.1, -0.05) is 31.2 Å². The number of rotatable bonds is 8. The van der Waals surface area contributed by atoms with Crippen LogP contribution in [-0.2, 0) is 17.6 Å². The van der Waals surface area contributed by atoms with Crippen molar-refractivity contribution in [1.29, 1.82) is 0 Å². The second kappa shape index (κ2) is 7.90. The van der Waals surface area contributed by atoms with Gasteiger partial charge in [-0.15, -0.1) is 11.3 Å². The molecule has 0 aliphatic heterocycles. The van der Waals surface area contributed by atoms with Crippen molar-refractivity contribution < 1.29 is 9.90 Å². The largest absolute Gasteiger partial charge is 0.396 e. The molecule has 0 spiro atoms. The molecule has 0 radical (unpaired) electrons. The molecule has 3 rings (SSSR count). The molecule has 1 aromatic heterocycles. The molecule has 1 saturated carbocycles. The summed E-state index contributed by atoms with van der Waals surface area (Å²) >= 11 is 1.57. The molecule has 1 aliphatic rings. The molecule has 128 valence electrons. The van der Waals surface area contributed by atoms with Gasteiger partial charge in [-0.3, -0.25) is 4.79 Å². The maximum absolute atomic E-state index is 12.2. The molecule has 1 aromatic carbocycles. The highest BCUT2D eigenvalue weighted by molar-refractivity contribution is 7.13. The predicted molar refractivity (Wildman–Crippen MR) is 97.0 cm³/mol. The Morgan fingerprint density at radius 3 is 2.75 bits per heavy atom. The molecule has 1 amide bonds. The monoisotopic (exact) mass is 344 g/mol. The van der Waals surface area contributed by atoms with Crippen molar-refractivity contribution in [2.24, 2.45) is 5.92 Å². The van der Waals surface area contributed by atoms with E-state index in [-0.39, 0.29) is 18.6 Å². The predicted octanol–water partition coefficient (Wildman–Crippen LogP) is 3.19. The molecule has 24 heavy (non-hydrogen) atoms. The van der Waals surface area contributed by atoms with E-state index >= 15 is 0 Å². The van der Waals surface area contributed by atoms with E-state index in [0.29, 0.717) is 18.8 Å². The summed E-state index contributed by atoms with van der Waals surface area (Å²) in [6.45, 7) is 2.26. The van der Waals surface area contributed by atoms with Gasteiger partial charge in [0.1, 0.15) is 5.01 Å². The smallest absolute Gasteiger partial charge is 0.226 e. The first-order valence-corrected chi connectivity index (χ1v) is 9.51. The number of benzene rings is 1. The van der Waals surface area contributed by atoms with E-state index in [4.69, 9.17) is 5.11 Å². The number of amides is 1. The minimum atomic E-state index is -0.00136. The van der Waals surface area contributed by atoms with Crippen LogP contribution in [-0.4, -0.2) is 28.6 Å². The first-order chi connectivity index (χ1) is 11.7. The highest BCUT2D eigenvalue weighted by Gasteiger charge is 2.31. The van der Waals surface area contributed by atoms with Crippen molar-refractivity contribution in [2.45, 2.75) is 45.1 Å². The Balaban J connectivity index is 1.59. The summed E-state index contributed by atoms with van der Waals surface area (Å²) in [4.78, 5) is 16.8. The Bertz CT molecular complexity index is 677. The number of carbonyl (C=O) groups is 1. The number of nitrogens with zero attached hydrogens (tertiary/aromatic N) is 1. The van der Waals surface area contributed by atoms with Crippen LogP contribution >= 0.6 is 11.3 Å². The number of aliphatic hydroxyl groups excluding tert-OH is 1. The number of aromatic nitrogens is 1. The van der Waals surface area contributed by atoms with E-state index in [2.05, 4.69) is 41.5 Å². The molecule has 0 bridgehead atoms. The molecule has 1 unspecified atom stereocenters. The maximum atomic E-state index is 12.2. The maximum Gasteiger partial charge on any atom is 0.226 e. The summed E-state index contributed by atoms with van der Waals surface area (Å²) in [5.74, 6) is 0.544. The molecule has 2 aromatic rings. The van der Waals surface area contributed by atoms with Crippen molar-refractivity contribution in [3.05, 3.63) is 40.9 Å². The fourth-order valence-corrected chi connectivity index (χ4v) is 3.72. The molecule has 4 nitrogen and oxygen atoms in total. The zero-order valence-electron chi connectivity index (χ0n) is 14.0. The average molecular weight is 344 g/mol. The quantitative estimate of drug-likeness (QED) is 0.773. The average Bonchev–Trinajstić information content (AvgIpc) is 3.34. The molecule has 1 aliphatic carbocycles. The lowest BCUT2D eigenvalue weighted by atomic mass is 10.1. The SMILES string of the molecule is CCc1ccc(-c2nc(CC(=O)NC(CCO)C3CC3)cs2)cc1. The van der Waals surface area contributed by atoms with Crippen molar-refractivity contribution in [3.63, 3.8) is 0 Å². The number of aliphatic hydroxyl groups is 1. The third-order valence-corrected chi connectivity index (χ3v) is 5.42. The standard InChI is InChI=1S/C19H24N2O2S/c1-2-13-3-5-15(6-4-13)19-20-16(12-24-19)11-18(23)21-17(9-10-22)14-7-8-14/h3-6,12,14,17,22H,2,7-11H2,1H3,(H,21,23). The van der Waals surface area contributed by atoms with Crippen LogP contribution in [0.4, 0.5) is 0 Å². The van der Waals surface area contributed by atoms with E-state index in [1.165, 1.54) is 5.56 Å². The lowest BCUT2D eigenvalue weighted by Gasteiger charge is -2.16. The first-order valence-electron chi connectivity index (χ1n) is 8.63. The number of hydrogen-bond acceptors (Lipinski definition) is 4. The van der Waals surface area contributed by atoms with Crippen molar-refractivity contribution in [1.82, 2.24) is 10.3 Å². The second-order valence-electron chi connectivity index (χ2n) is 6.39. The Morgan fingerprint density at radius 1 is 1.38 bits per heavy atom. The summed E-state index contributed by atoms with van der Waals surface area (Å²) in [5, 5.41) is 15.1. The van der Waals surface area contributed by atoms with Crippen LogP contribution in [0.15, 0.2) is 29.6 Å². The summed E-state index contributed by atoms with van der Waals surface area (Å²) in [5.41, 5.74) is 3.22. The van der Waals surface area contributed by atoms with Crippen LogP contribution in [0.2, 0.25) is 0 Å². The number of carbonyl (C=O) groups excluding carboxylic acids is 1. The van der Waals surface area contributed by atoms with E-state index in [0.717, 1.165) is 35.5 Å². The molecule has 1 atom stereocenters. The van der Waals surface area contributed by atoms with Crippen LogP contribution < -0.4 is 5.32 Å². The molecule has 0 saturated heterocycles. The van der Waals surface area contributed by atoms with Gasteiger partial charge in [-0.05, 0) is 37.2 Å². The Morgan fingerprint density at radius 2 is 2.12 bits per heavy atom. The number of nitrogens with one attached hydrogen (secondary N) is 1. The van der Waals surface area contributed by atoms with E-state index < -0.39 is 0 Å². The Kier molecular flexibility index (Phi) is 5.63. The minimum absolute atomic E-state index is 0.00136. The molecule has 5 heteroatoms. The van der Waals surface area contributed by atoms with Crippen LogP contribution in [0.3, 0.4) is 0 Å². The van der Waals surface area contributed by atoms with Gasteiger partial charge in [-0.2, -0.15) is 0 Å². The van der Waals surface area contributed by atoms with Crippen LogP contribution in [0.5, 0.6) is 0 Å². The van der Waals surface area contributed by atoms with Gasteiger partial charge in [0.05, 0.1) is 12.1 Å². The van der Waals surface area contributed by atoms with Gasteiger partial charge in [-0.25, -0.2) is 4.98 Å². The number of aryl methyl sites for hydroxylation is 1. The van der Waals surface area contributed by atoms with Gasteiger partial charge >= 0.3 is 0 Å². The third kappa shape index (κ3) is 4.42. The molecule has 2 N–H and O–H groups in total. The van der Waals surface area contributed by atoms with Crippen molar-refractivity contribution in [2.75, 3.05) is 6.61 Å².